The number of rotatable bonds is 3. The van der Waals surface area contributed by atoms with Crippen LogP contribution in [-0.2, 0) is 16.1 Å². The molecule has 0 radical (unpaired) electrons. The molecule has 0 aliphatic carbocycles. The normalized spacial score (nSPS) is 20.0. The summed E-state index contributed by atoms with van der Waals surface area (Å²) in [6.45, 7) is 5.42. The van der Waals surface area contributed by atoms with Crippen molar-refractivity contribution in [2.24, 2.45) is 5.92 Å². The van der Waals surface area contributed by atoms with Crippen LogP contribution < -0.4 is 5.32 Å². The average molecular weight is 224 g/mol. The highest BCUT2D eigenvalue weighted by Crippen LogP contribution is 2.14. The quantitative estimate of drug-likeness (QED) is 0.830. The third-order valence-electron chi connectivity index (χ3n) is 2.92. The summed E-state index contributed by atoms with van der Waals surface area (Å²) in [6.07, 6.45) is 0.813. The maximum atomic E-state index is 11.7. The largest absolute Gasteiger partial charge is 0.381 e. The SMILES string of the molecule is Cc1noc(C)c1CNC(=O)C1CCOC1. The van der Waals surface area contributed by atoms with E-state index < -0.39 is 0 Å². The first-order valence-electron chi connectivity index (χ1n) is 5.45. The smallest absolute Gasteiger partial charge is 0.225 e. The average Bonchev–Trinajstić information content (AvgIpc) is 2.87. The number of carbonyl (C=O) groups excluding carboxylic acids is 1. The van der Waals surface area contributed by atoms with Crippen molar-refractivity contribution >= 4 is 5.91 Å². The molecule has 1 aromatic heterocycles. The lowest BCUT2D eigenvalue weighted by Crippen LogP contribution is -2.30. The van der Waals surface area contributed by atoms with Crippen molar-refractivity contribution in [2.75, 3.05) is 13.2 Å². The van der Waals surface area contributed by atoms with Gasteiger partial charge in [0.15, 0.2) is 0 Å². The molecule has 2 heterocycles. The molecule has 88 valence electrons. The van der Waals surface area contributed by atoms with Gasteiger partial charge in [-0.2, -0.15) is 0 Å². The highest BCUT2D eigenvalue weighted by molar-refractivity contribution is 5.79. The van der Waals surface area contributed by atoms with Crippen LogP contribution in [0.4, 0.5) is 0 Å². The first kappa shape index (κ1) is 11.1. The Labute approximate surface area is 94.1 Å². The van der Waals surface area contributed by atoms with Crippen molar-refractivity contribution in [2.45, 2.75) is 26.8 Å². The fourth-order valence-electron chi connectivity index (χ4n) is 1.82. The zero-order valence-corrected chi connectivity index (χ0v) is 9.58. The van der Waals surface area contributed by atoms with Gasteiger partial charge >= 0.3 is 0 Å². The monoisotopic (exact) mass is 224 g/mol. The second-order valence-corrected chi connectivity index (χ2v) is 4.08. The molecule has 0 bridgehead atoms. The predicted molar refractivity (Wildman–Crippen MR) is 56.7 cm³/mol. The van der Waals surface area contributed by atoms with E-state index >= 15 is 0 Å². The Bertz CT molecular complexity index is 361. The number of hydrogen-bond acceptors (Lipinski definition) is 4. The Hall–Kier alpha value is -1.36. The molecule has 1 N–H and O–H groups in total. The molecular weight excluding hydrogens is 208 g/mol. The molecule has 1 saturated heterocycles. The van der Waals surface area contributed by atoms with E-state index in [0.717, 1.165) is 23.4 Å². The van der Waals surface area contributed by atoms with E-state index in [4.69, 9.17) is 9.26 Å². The number of nitrogens with one attached hydrogen (secondary N) is 1. The summed E-state index contributed by atoms with van der Waals surface area (Å²) < 4.78 is 10.2. The van der Waals surface area contributed by atoms with Gasteiger partial charge < -0.3 is 14.6 Å². The van der Waals surface area contributed by atoms with Crippen molar-refractivity contribution < 1.29 is 14.1 Å². The topological polar surface area (TPSA) is 64.4 Å². The highest BCUT2D eigenvalue weighted by atomic mass is 16.5. The predicted octanol–water partition coefficient (Wildman–Crippen LogP) is 0.944. The van der Waals surface area contributed by atoms with Crippen molar-refractivity contribution in [1.29, 1.82) is 0 Å². The van der Waals surface area contributed by atoms with Gasteiger partial charge in [0.25, 0.3) is 0 Å². The summed E-state index contributed by atoms with van der Waals surface area (Å²) in [5, 5.41) is 6.73. The van der Waals surface area contributed by atoms with Gasteiger partial charge in [0.05, 0.1) is 18.2 Å². The van der Waals surface area contributed by atoms with E-state index in [9.17, 15) is 4.79 Å². The molecule has 1 fully saturated rings. The maximum Gasteiger partial charge on any atom is 0.225 e. The highest BCUT2D eigenvalue weighted by Gasteiger charge is 2.23. The molecule has 0 spiro atoms. The number of hydrogen-bond donors (Lipinski definition) is 1. The fraction of sp³-hybridized carbons (Fsp3) is 0.636. The fourth-order valence-corrected chi connectivity index (χ4v) is 1.82. The van der Waals surface area contributed by atoms with E-state index in [1.807, 2.05) is 13.8 Å². The van der Waals surface area contributed by atoms with Crippen LogP contribution in [-0.4, -0.2) is 24.3 Å². The number of amides is 1. The molecule has 1 unspecified atom stereocenters. The molecule has 1 aliphatic rings. The van der Waals surface area contributed by atoms with Crippen molar-refractivity contribution in [3.8, 4) is 0 Å². The molecule has 5 nitrogen and oxygen atoms in total. The number of carbonyl (C=O) groups is 1. The minimum Gasteiger partial charge on any atom is -0.381 e. The minimum atomic E-state index is 0.000437. The van der Waals surface area contributed by atoms with E-state index in [2.05, 4.69) is 10.5 Å². The van der Waals surface area contributed by atoms with Crippen LogP contribution in [0.15, 0.2) is 4.52 Å². The Morgan fingerprint density at radius 2 is 2.38 bits per heavy atom. The Kier molecular flexibility index (Phi) is 3.24. The summed E-state index contributed by atoms with van der Waals surface area (Å²) in [6, 6.07) is 0. The van der Waals surface area contributed by atoms with Crippen LogP contribution in [0.5, 0.6) is 0 Å². The summed E-state index contributed by atoms with van der Waals surface area (Å²) in [5.41, 5.74) is 1.80. The van der Waals surface area contributed by atoms with Crippen molar-refractivity contribution in [1.82, 2.24) is 10.5 Å². The first-order valence-corrected chi connectivity index (χ1v) is 5.45. The molecule has 2 rings (SSSR count). The lowest BCUT2D eigenvalue weighted by atomic mass is 10.1. The van der Waals surface area contributed by atoms with E-state index in [-0.39, 0.29) is 11.8 Å². The van der Waals surface area contributed by atoms with Gasteiger partial charge in [-0.3, -0.25) is 4.79 Å². The number of aryl methyl sites for hydroxylation is 2. The van der Waals surface area contributed by atoms with Crippen LogP contribution in [0.1, 0.15) is 23.4 Å². The zero-order valence-electron chi connectivity index (χ0n) is 9.58. The lowest BCUT2D eigenvalue weighted by molar-refractivity contribution is -0.125. The van der Waals surface area contributed by atoms with Gasteiger partial charge in [0.1, 0.15) is 5.76 Å². The van der Waals surface area contributed by atoms with E-state index in [1.165, 1.54) is 0 Å². The van der Waals surface area contributed by atoms with Crippen molar-refractivity contribution in [3.63, 3.8) is 0 Å². The molecule has 16 heavy (non-hydrogen) atoms. The zero-order chi connectivity index (χ0) is 11.5. The van der Waals surface area contributed by atoms with Gasteiger partial charge in [0.2, 0.25) is 5.91 Å². The Balaban J connectivity index is 1.89. The van der Waals surface area contributed by atoms with Gasteiger partial charge in [-0.1, -0.05) is 5.16 Å². The molecule has 1 aliphatic heterocycles. The van der Waals surface area contributed by atoms with Crippen LogP contribution >= 0.6 is 0 Å². The van der Waals surface area contributed by atoms with Crippen LogP contribution in [0.3, 0.4) is 0 Å². The minimum absolute atomic E-state index is 0.000437. The van der Waals surface area contributed by atoms with E-state index in [0.29, 0.717) is 19.8 Å². The maximum absolute atomic E-state index is 11.7. The number of nitrogens with zero attached hydrogens (tertiary/aromatic N) is 1. The van der Waals surface area contributed by atoms with Crippen LogP contribution in [0.2, 0.25) is 0 Å². The molecule has 1 aromatic rings. The second kappa shape index (κ2) is 4.65. The van der Waals surface area contributed by atoms with Crippen LogP contribution in [0.25, 0.3) is 0 Å². The Morgan fingerprint density at radius 3 is 2.94 bits per heavy atom. The van der Waals surface area contributed by atoms with Gasteiger partial charge in [-0.05, 0) is 20.3 Å². The molecular formula is C11H16N2O3. The second-order valence-electron chi connectivity index (χ2n) is 4.08. The summed E-state index contributed by atoms with van der Waals surface area (Å²) in [5.74, 6) is 0.818. The molecule has 5 heteroatoms. The standard InChI is InChI=1S/C11H16N2O3/c1-7-10(8(2)16-13-7)5-12-11(14)9-3-4-15-6-9/h9H,3-6H2,1-2H3,(H,12,14). The molecule has 1 atom stereocenters. The lowest BCUT2D eigenvalue weighted by Gasteiger charge is -2.08. The van der Waals surface area contributed by atoms with Gasteiger partial charge in [-0.15, -0.1) is 0 Å². The van der Waals surface area contributed by atoms with Gasteiger partial charge in [0, 0.05) is 18.7 Å². The summed E-state index contributed by atoms with van der Waals surface area (Å²) >= 11 is 0. The van der Waals surface area contributed by atoms with Crippen LogP contribution in [0, 0.1) is 19.8 Å². The number of ether oxygens (including phenoxy) is 1. The van der Waals surface area contributed by atoms with Crippen molar-refractivity contribution in [3.05, 3.63) is 17.0 Å². The first-order chi connectivity index (χ1) is 7.68. The summed E-state index contributed by atoms with van der Waals surface area (Å²) in [7, 11) is 0. The third-order valence-corrected chi connectivity index (χ3v) is 2.92. The molecule has 1 amide bonds. The summed E-state index contributed by atoms with van der Waals surface area (Å²) in [4.78, 5) is 11.7. The van der Waals surface area contributed by atoms with Gasteiger partial charge in [-0.25, -0.2) is 0 Å². The Morgan fingerprint density at radius 1 is 1.56 bits per heavy atom. The molecule has 0 aromatic carbocycles. The number of aromatic nitrogens is 1. The third kappa shape index (κ3) is 2.24. The van der Waals surface area contributed by atoms with E-state index in [1.54, 1.807) is 0 Å². The molecule has 0 saturated carbocycles.